The van der Waals surface area contributed by atoms with E-state index in [0.717, 1.165) is 0 Å². The normalized spacial score (nSPS) is 14.0. The topological polar surface area (TPSA) is 44.1 Å². The quantitative estimate of drug-likeness (QED) is 0.626. The van der Waals surface area contributed by atoms with E-state index < -0.39 is 0 Å². The molecule has 0 aromatic heterocycles. The number of nitrogens with zero attached hydrogens (tertiary/aromatic N) is 2. The zero-order valence-corrected chi connectivity index (χ0v) is 7.33. The Labute approximate surface area is 80.4 Å². The minimum atomic E-state index is -0.378. The zero-order chi connectivity index (χ0) is 10.1. The summed E-state index contributed by atoms with van der Waals surface area (Å²) in [5.41, 5.74) is 0.771. The molecule has 0 bridgehead atoms. The molecule has 1 aromatic carbocycles. The van der Waals surface area contributed by atoms with E-state index in [0.29, 0.717) is 11.1 Å². The lowest BCUT2D eigenvalue weighted by Crippen LogP contribution is -2.23. The van der Waals surface area contributed by atoms with Crippen molar-refractivity contribution in [1.29, 1.82) is 5.26 Å². The summed E-state index contributed by atoms with van der Waals surface area (Å²) >= 11 is 0. The molecule has 0 spiro atoms. The summed E-state index contributed by atoms with van der Waals surface area (Å²) in [4.78, 5) is 12.9. The van der Waals surface area contributed by atoms with Crippen LogP contribution in [0.3, 0.4) is 0 Å². The highest BCUT2D eigenvalue weighted by atomic mass is 19.1. The maximum atomic E-state index is 13.2. The molecule has 0 unspecified atom stereocenters. The smallest absolute Gasteiger partial charge is 0.255 e. The number of amides is 1. The molecule has 3 nitrogen and oxygen atoms in total. The summed E-state index contributed by atoms with van der Waals surface area (Å²) in [6.45, 7) is 0.210. The second-order valence-electron chi connectivity index (χ2n) is 3.09. The number of fused-ring (bicyclic) bond motifs is 1. The highest BCUT2D eigenvalue weighted by molar-refractivity contribution is 5.98. The lowest BCUT2D eigenvalue weighted by Gasteiger charge is -2.08. The predicted octanol–water partition coefficient (Wildman–Crippen LogP) is 1.31. The Morgan fingerprint density at radius 1 is 1.57 bits per heavy atom. The summed E-state index contributed by atoms with van der Waals surface area (Å²) in [5.74, 6) is -0.641. The van der Waals surface area contributed by atoms with Gasteiger partial charge in [0.15, 0.2) is 0 Å². The van der Waals surface area contributed by atoms with Gasteiger partial charge in [0.05, 0.1) is 12.6 Å². The maximum absolute atomic E-state index is 13.2. The van der Waals surface area contributed by atoms with Crippen molar-refractivity contribution in [2.75, 3.05) is 6.54 Å². The molecular formula is C10H7FN2O. The van der Waals surface area contributed by atoms with Gasteiger partial charge < -0.3 is 4.90 Å². The van der Waals surface area contributed by atoms with Crippen LogP contribution in [-0.2, 0) is 6.54 Å². The van der Waals surface area contributed by atoms with Crippen LogP contribution >= 0.6 is 0 Å². The Balaban J connectivity index is 2.41. The number of nitriles is 1. The van der Waals surface area contributed by atoms with Gasteiger partial charge >= 0.3 is 0 Å². The Morgan fingerprint density at radius 3 is 3.00 bits per heavy atom. The van der Waals surface area contributed by atoms with Crippen LogP contribution in [0.2, 0.25) is 0 Å². The molecule has 2 rings (SSSR count). The van der Waals surface area contributed by atoms with Gasteiger partial charge in [-0.05, 0) is 12.1 Å². The number of hydrogen-bond acceptors (Lipinski definition) is 2. The molecule has 1 amide bonds. The Hall–Kier alpha value is -1.89. The monoisotopic (exact) mass is 190 g/mol. The largest absolute Gasteiger partial charge is 0.321 e. The molecule has 0 saturated heterocycles. The first-order valence-corrected chi connectivity index (χ1v) is 4.17. The Kier molecular flexibility index (Phi) is 1.93. The zero-order valence-electron chi connectivity index (χ0n) is 7.33. The summed E-state index contributed by atoms with van der Waals surface area (Å²) < 4.78 is 13.2. The molecule has 70 valence electrons. The first-order chi connectivity index (χ1) is 6.74. The second kappa shape index (κ2) is 3.11. The van der Waals surface area contributed by atoms with Gasteiger partial charge in [-0.3, -0.25) is 4.79 Å². The molecule has 0 fully saturated rings. The minimum Gasteiger partial charge on any atom is -0.321 e. The van der Waals surface area contributed by atoms with Crippen LogP contribution in [0, 0.1) is 17.1 Å². The van der Waals surface area contributed by atoms with E-state index in [9.17, 15) is 9.18 Å². The van der Waals surface area contributed by atoms with Crippen molar-refractivity contribution in [3.8, 4) is 6.07 Å². The van der Waals surface area contributed by atoms with E-state index >= 15 is 0 Å². The average Bonchev–Trinajstić information content (AvgIpc) is 2.48. The third kappa shape index (κ3) is 1.14. The molecule has 1 aromatic rings. The molecule has 0 N–H and O–H groups in total. The van der Waals surface area contributed by atoms with Crippen molar-refractivity contribution in [2.24, 2.45) is 0 Å². The van der Waals surface area contributed by atoms with E-state index in [1.54, 1.807) is 6.07 Å². The molecule has 0 atom stereocenters. The van der Waals surface area contributed by atoms with Gasteiger partial charge in [-0.2, -0.15) is 5.26 Å². The number of carbonyl (C=O) groups is 1. The highest BCUT2D eigenvalue weighted by Gasteiger charge is 2.28. The molecular weight excluding hydrogens is 183 g/mol. The molecule has 0 saturated carbocycles. The predicted molar refractivity (Wildman–Crippen MR) is 46.8 cm³/mol. The van der Waals surface area contributed by atoms with Gasteiger partial charge in [0, 0.05) is 11.1 Å². The van der Waals surface area contributed by atoms with E-state index in [-0.39, 0.29) is 24.8 Å². The van der Waals surface area contributed by atoms with Crippen molar-refractivity contribution in [1.82, 2.24) is 4.90 Å². The summed E-state index contributed by atoms with van der Waals surface area (Å²) in [6, 6.07) is 6.28. The second-order valence-corrected chi connectivity index (χ2v) is 3.09. The molecule has 1 heterocycles. The molecule has 1 aliphatic heterocycles. The fourth-order valence-electron chi connectivity index (χ4n) is 1.57. The molecule has 14 heavy (non-hydrogen) atoms. The third-order valence-corrected chi connectivity index (χ3v) is 2.25. The number of hydrogen-bond donors (Lipinski definition) is 0. The van der Waals surface area contributed by atoms with E-state index in [4.69, 9.17) is 5.26 Å². The fraction of sp³-hybridized carbons (Fsp3) is 0.200. The summed E-state index contributed by atoms with van der Waals surface area (Å²) in [5, 5.41) is 8.46. The lowest BCUT2D eigenvalue weighted by molar-refractivity contribution is 0.0798. The van der Waals surface area contributed by atoms with Gasteiger partial charge in [0.25, 0.3) is 5.91 Å². The Morgan fingerprint density at radius 2 is 2.36 bits per heavy atom. The Bertz CT molecular complexity index is 436. The van der Waals surface area contributed by atoms with Crippen LogP contribution in [0.1, 0.15) is 15.9 Å². The SMILES string of the molecule is N#CCN1Cc2c(F)cccc2C1=O. The third-order valence-electron chi connectivity index (χ3n) is 2.25. The maximum Gasteiger partial charge on any atom is 0.255 e. The van der Waals surface area contributed by atoms with Crippen molar-refractivity contribution >= 4 is 5.91 Å². The van der Waals surface area contributed by atoms with Gasteiger partial charge in [-0.1, -0.05) is 6.07 Å². The van der Waals surface area contributed by atoms with E-state index in [2.05, 4.69) is 0 Å². The van der Waals surface area contributed by atoms with Crippen molar-refractivity contribution in [2.45, 2.75) is 6.54 Å². The number of benzene rings is 1. The van der Waals surface area contributed by atoms with Crippen LogP contribution in [-0.4, -0.2) is 17.4 Å². The van der Waals surface area contributed by atoms with Crippen molar-refractivity contribution in [3.05, 3.63) is 35.1 Å². The van der Waals surface area contributed by atoms with Crippen LogP contribution in [0.25, 0.3) is 0 Å². The molecule has 0 radical (unpaired) electrons. The van der Waals surface area contributed by atoms with E-state index in [1.165, 1.54) is 17.0 Å². The van der Waals surface area contributed by atoms with Crippen molar-refractivity contribution in [3.63, 3.8) is 0 Å². The first kappa shape index (κ1) is 8.70. The van der Waals surface area contributed by atoms with E-state index in [1.807, 2.05) is 6.07 Å². The lowest BCUT2D eigenvalue weighted by atomic mass is 10.1. The van der Waals surface area contributed by atoms with Gasteiger partial charge in [-0.15, -0.1) is 0 Å². The molecule has 0 aliphatic carbocycles. The molecule has 1 aliphatic rings. The van der Waals surface area contributed by atoms with Crippen LogP contribution in [0.4, 0.5) is 4.39 Å². The first-order valence-electron chi connectivity index (χ1n) is 4.17. The van der Waals surface area contributed by atoms with Crippen molar-refractivity contribution < 1.29 is 9.18 Å². The van der Waals surface area contributed by atoms with Gasteiger partial charge in [0.2, 0.25) is 0 Å². The summed E-state index contributed by atoms with van der Waals surface area (Å²) in [6.07, 6.45) is 0. The standard InChI is InChI=1S/C10H7FN2O/c11-9-3-1-2-7-8(9)6-13(5-4-12)10(7)14/h1-3H,5-6H2. The van der Waals surface area contributed by atoms with Crippen LogP contribution < -0.4 is 0 Å². The van der Waals surface area contributed by atoms with Gasteiger partial charge in [0.1, 0.15) is 12.4 Å². The number of halogens is 1. The average molecular weight is 190 g/mol. The van der Waals surface area contributed by atoms with Crippen LogP contribution in [0.15, 0.2) is 18.2 Å². The molecule has 4 heteroatoms. The minimum absolute atomic E-state index is 0.00690. The fourth-order valence-corrected chi connectivity index (χ4v) is 1.57. The van der Waals surface area contributed by atoms with Crippen LogP contribution in [0.5, 0.6) is 0 Å². The van der Waals surface area contributed by atoms with Gasteiger partial charge in [-0.25, -0.2) is 4.39 Å². The number of rotatable bonds is 1. The summed E-state index contributed by atoms with van der Waals surface area (Å²) in [7, 11) is 0. The number of carbonyl (C=O) groups excluding carboxylic acids is 1. The highest BCUT2D eigenvalue weighted by Crippen LogP contribution is 2.24.